The molecule has 10 heteroatoms. The van der Waals surface area contributed by atoms with Gasteiger partial charge in [-0.2, -0.15) is 5.26 Å². The molecule has 0 saturated heterocycles. The van der Waals surface area contributed by atoms with Crippen molar-refractivity contribution in [3.8, 4) is 6.19 Å². The molecule has 0 spiro atoms. The Morgan fingerprint density at radius 1 is 1.22 bits per heavy atom. The highest BCUT2D eigenvalue weighted by Crippen LogP contribution is 2.34. The topological polar surface area (TPSA) is 128 Å². The molecule has 0 aliphatic rings. The molecule has 174 valence electrons. The standard InChI is InChI=1S/C22H29FN4O4S/c1-12(2)16-8-15(23)9-17(13(3)4)20(16)26-21(28)27-32(30,25-11-24)19-10-18(14(5)31-19)22(6,7)29/h8-10,12-13,29H,1-7H3,(H2,25,26,27,28,30)/t32-/m1/s1. The van der Waals surface area contributed by atoms with E-state index in [1.807, 2.05) is 32.4 Å². The SMILES string of the molecule is Cc1oc([S@](=O)(=NC(=O)Nc2c(C(C)C)cc(F)cc2C(C)C)NC#N)cc1C(C)(C)O. The number of carbonyl (C=O) groups excluding carboxylic acids is 1. The summed E-state index contributed by atoms with van der Waals surface area (Å²) in [5.41, 5.74) is 0.563. The van der Waals surface area contributed by atoms with Gasteiger partial charge in [0.25, 0.3) is 0 Å². The lowest BCUT2D eigenvalue weighted by atomic mass is 9.92. The number of nitrogens with one attached hydrogen (secondary N) is 2. The largest absolute Gasteiger partial charge is 0.449 e. The van der Waals surface area contributed by atoms with Crippen LogP contribution >= 0.6 is 0 Å². The van der Waals surface area contributed by atoms with Crippen LogP contribution in [0.4, 0.5) is 14.9 Å². The summed E-state index contributed by atoms with van der Waals surface area (Å²) in [6.45, 7) is 12.0. The van der Waals surface area contributed by atoms with Gasteiger partial charge < -0.3 is 14.8 Å². The lowest BCUT2D eigenvalue weighted by Gasteiger charge is -2.20. The van der Waals surface area contributed by atoms with E-state index in [1.54, 1.807) is 6.92 Å². The first-order valence-corrected chi connectivity index (χ1v) is 11.6. The molecular formula is C22H29FN4O4S. The molecule has 2 aromatic rings. The molecule has 0 aliphatic heterocycles. The number of amides is 2. The second-order valence-electron chi connectivity index (χ2n) is 8.62. The Morgan fingerprint density at radius 3 is 2.16 bits per heavy atom. The molecule has 1 aromatic carbocycles. The molecule has 2 rings (SSSR count). The third kappa shape index (κ3) is 5.47. The zero-order valence-electron chi connectivity index (χ0n) is 19.2. The first kappa shape index (κ1) is 25.4. The molecule has 8 nitrogen and oxygen atoms in total. The maximum atomic E-state index is 14.1. The van der Waals surface area contributed by atoms with E-state index in [9.17, 15) is 18.5 Å². The lowest BCUT2D eigenvalue weighted by molar-refractivity contribution is 0.0769. The van der Waals surface area contributed by atoms with Crippen LogP contribution in [0.3, 0.4) is 0 Å². The van der Waals surface area contributed by atoms with E-state index in [0.29, 0.717) is 22.4 Å². The summed E-state index contributed by atoms with van der Waals surface area (Å²) in [4.78, 5) is 12.8. The van der Waals surface area contributed by atoms with Gasteiger partial charge in [-0.3, -0.25) is 0 Å². The van der Waals surface area contributed by atoms with Gasteiger partial charge in [-0.05, 0) is 55.9 Å². The summed E-state index contributed by atoms with van der Waals surface area (Å²) in [5, 5.41) is 21.7. The lowest BCUT2D eigenvalue weighted by Crippen LogP contribution is -2.22. The molecule has 0 radical (unpaired) electrons. The second-order valence-corrected chi connectivity index (χ2v) is 10.5. The highest BCUT2D eigenvalue weighted by atomic mass is 32.2. The molecule has 1 aromatic heterocycles. The van der Waals surface area contributed by atoms with Gasteiger partial charge in [0.05, 0.1) is 5.60 Å². The molecule has 0 saturated carbocycles. The van der Waals surface area contributed by atoms with Crippen molar-refractivity contribution >= 4 is 21.6 Å². The summed E-state index contributed by atoms with van der Waals surface area (Å²) >= 11 is 0. The van der Waals surface area contributed by atoms with Crippen LogP contribution < -0.4 is 10.0 Å². The number of hydrogen-bond donors (Lipinski definition) is 3. The number of rotatable bonds is 6. The number of aryl methyl sites for hydroxylation is 1. The van der Waals surface area contributed by atoms with Crippen molar-refractivity contribution in [2.24, 2.45) is 4.36 Å². The van der Waals surface area contributed by atoms with Crippen LogP contribution in [0.2, 0.25) is 0 Å². The fraction of sp³-hybridized carbons (Fsp3) is 0.455. The van der Waals surface area contributed by atoms with Crippen molar-refractivity contribution in [2.75, 3.05) is 5.32 Å². The van der Waals surface area contributed by atoms with Crippen molar-refractivity contribution in [3.63, 3.8) is 0 Å². The van der Waals surface area contributed by atoms with Crippen molar-refractivity contribution in [2.45, 2.75) is 71.0 Å². The fourth-order valence-corrected chi connectivity index (χ4v) is 4.48. The van der Waals surface area contributed by atoms with Crippen LogP contribution in [0.1, 0.15) is 75.8 Å². The van der Waals surface area contributed by atoms with Gasteiger partial charge >= 0.3 is 6.03 Å². The minimum Gasteiger partial charge on any atom is -0.449 e. The van der Waals surface area contributed by atoms with Crippen LogP contribution in [-0.2, 0) is 15.5 Å². The van der Waals surface area contributed by atoms with Gasteiger partial charge in [0.1, 0.15) is 11.6 Å². The van der Waals surface area contributed by atoms with Crippen LogP contribution in [0, 0.1) is 24.2 Å². The Morgan fingerprint density at radius 2 is 1.75 bits per heavy atom. The monoisotopic (exact) mass is 464 g/mol. The number of urea groups is 1. The fourth-order valence-electron chi connectivity index (χ4n) is 3.33. The Labute approximate surface area is 188 Å². The number of halogens is 1. The summed E-state index contributed by atoms with van der Waals surface area (Å²) in [6.07, 6.45) is 1.54. The molecule has 1 atom stereocenters. The first-order valence-electron chi connectivity index (χ1n) is 10.1. The van der Waals surface area contributed by atoms with Gasteiger partial charge in [-0.15, -0.1) is 4.36 Å². The number of nitrogens with zero attached hydrogens (tertiary/aromatic N) is 2. The summed E-state index contributed by atoms with van der Waals surface area (Å²) < 4.78 is 38.7. The normalized spacial score (nSPS) is 13.6. The number of anilines is 1. The smallest absolute Gasteiger partial charge is 0.355 e. The third-order valence-corrected chi connectivity index (χ3v) is 6.40. The average Bonchev–Trinajstić information content (AvgIpc) is 3.05. The molecule has 0 bridgehead atoms. The third-order valence-electron chi connectivity index (χ3n) is 4.86. The molecule has 0 fully saturated rings. The maximum absolute atomic E-state index is 14.1. The van der Waals surface area contributed by atoms with Gasteiger partial charge in [-0.1, -0.05) is 27.7 Å². The number of nitriles is 1. The maximum Gasteiger partial charge on any atom is 0.355 e. The molecule has 3 N–H and O–H groups in total. The summed E-state index contributed by atoms with van der Waals surface area (Å²) in [6, 6.07) is 2.98. The number of carbonyl (C=O) groups is 1. The van der Waals surface area contributed by atoms with Crippen LogP contribution in [0.15, 0.2) is 32.1 Å². The number of benzene rings is 1. The van der Waals surface area contributed by atoms with Crippen molar-refractivity contribution < 1.29 is 22.9 Å². The van der Waals surface area contributed by atoms with Crippen LogP contribution in [0.5, 0.6) is 0 Å². The Hall–Kier alpha value is -2.90. The van der Waals surface area contributed by atoms with E-state index in [-0.39, 0.29) is 22.7 Å². The predicted octanol–water partition coefficient (Wildman–Crippen LogP) is 5.25. The van der Waals surface area contributed by atoms with E-state index in [4.69, 9.17) is 9.68 Å². The molecular weight excluding hydrogens is 435 g/mol. The molecule has 0 aliphatic carbocycles. The van der Waals surface area contributed by atoms with Crippen LogP contribution in [0.25, 0.3) is 0 Å². The Kier molecular flexibility index (Phi) is 7.37. The predicted molar refractivity (Wildman–Crippen MR) is 120 cm³/mol. The number of hydrogen-bond acceptors (Lipinski definition) is 5. The molecule has 32 heavy (non-hydrogen) atoms. The second kappa shape index (κ2) is 9.30. The van der Waals surface area contributed by atoms with Gasteiger partial charge in [0, 0.05) is 17.3 Å². The number of aliphatic hydroxyl groups is 1. The zero-order chi connectivity index (χ0) is 24.4. The van der Waals surface area contributed by atoms with E-state index in [2.05, 4.69) is 9.68 Å². The van der Waals surface area contributed by atoms with E-state index in [0.717, 1.165) is 0 Å². The summed E-state index contributed by atoms with van der Waals surface area (Å²) in [7, 11) is -3.82. The molecule has 0 unspecified atom stereocenters. The van der Waals surface area contributed by atoms with E-state index in [1.165, 1.54) is 38.2 Å². The Bertz CT molecular complexity index is 1150. The molecule has 2 amide bonds. The highest BCUT2D eigenvalue weighted by molar-refractivity contribution is 7.92. The van der Waals surface area contributed by atoms with Gasteiger partial charge in [0.2, 0.25) is 15.0 Å². The first-order chi connectivity index (χ1) is 14.7. The number of furan rings is 1. The molecule has 1 heterocycles. The van der Waals surface area contributed by atoms with E-state index < -0.39 is 27.4 Å². The highest BCUT2D eigenvalue weighted by Gasteiger charge is 2.28. The average molecular weight is 465 g/mol. The zero-order valence-corrected chi connectivity index (χ0v) is 20.1. The van der Waals surface area contributed by atoms with Gasteiger partial charge in [-0.25, -0.2) is 18.1 Å². The minimum absolute atomic E-state index is 0.109. The quantitative estimate of drug-likeness (QED) is 0.397. The van der Waals surface area contributed by atoms with Crippen molar-refractivity contribution in [3.05, 3.63) is 46.5 Å². The van der Waals surface area contributed by atoms with Crippen LogP contribution in [-0.4, -0.2) is 15.3 Å². The minimum atomic E-state index is -3.82. The van der Waals surface area contributed by atoms with Crippen molar-refractivity contribution in [1.29, 1.82) is 5.26 Å². The Balaban J connectivity index is 2.59. The van der Waals surface area contributed by atoms with E-state index >= 15 is 0 Å². The van der Waals surface area contributed by atoms with Gasteiger partial charge in [0.15, 0.2) is 6.19 Å². The van der Waals surface area contributed by atoms with Crippen molar-refractivity contribution in [1.82, 2.24) is 4.72 Å². The summed E-state index contributed by atoms with van der Waals surface area (Å²) in [5.74, 6) is -0.366.